The summed E-state index contributed by atoms with van der Waals surface area (Å²) in [6, 6.07) is 12.8. The Kier molecular flexibility index (Phi) is 4.61. The minimum absolute atomic E-state index is 0.197. The Labute approximate surface area is 144 Å². The molecule has 0 aliphatic carbocycles. The summed E-state index contributed by atoms with van der Waals surface area (Å²) in [5.41, 5.74) is 7.26. The van der Waals surface area contributed by atoms with Crippen molar-refractivity contribution in [1.82, 2.24) is 0 Å². The first-order valence-corrected chi connectivity index (χ1v) is 8.69. The van der Waals surface area contributed by atoms with Crippen LogP contribution in [0.1, 0.15) is 35.6 Å². The van der Waals surface area contributed by atoms with Gasteiger partial charge in [-0.05, 0) is 56.9 Å². The highest BCUT2D eigenvalue weighted by atomic mass is 16.2. The summed E-state index contributed by atoms with van der Waals surface area (Å²) < 4.78 is 0. The molecular weight excluding hydrogens is 296 g/mol. The van der Waals surface area contributed by atoms with Gasteiger partial charge < -0.3 is 10.2 Å². The zero-order valence-corrected chi connectivity index (χ0v) is 15.0. The maximum Gasteiger partial charge on any atom is 0.229 e. The van der Waals surface area contributed by atoms with Crippen LogP contribution in [0.15, 0.2) is 36.4 Å². The van der Waals surface area contributed by atoms with Crippen molar-refractivity contribution in [3.8, 4) is 0 Å². The minimum atomic E-state index is 0.197. The van der Waals surface area contributed by atoms with Gasteiger partial charge in [0.15, 0.2) is 0 Å². The first kappa shape index (κ1) is 16.6. The molecule has 1 aliphatic heterocycles. The van der Waals surface area contributed by atoms with E-state index in [2.05, 4.69) is 57.3 Å². The molecule has 0 spiro atoms. The van der Waals surface area contributed by atoms with E-state index in [1.54, 1.807) is 0 Å². The van der Waals surface area contributed by atoms with Crippen molar-refractivity contribution >= 4 is 17.3 Å². The molecule has 0 aromatic heterocycles. The Bertz CT molecular complexity index is 743. The van der Waals surface area contributed by atoms with Gasteiger partial charge in [-0.15, -0.1) is 0 Å². The Morgan fingerprint density at radius 2 is 1.83 bits per heavy atom. The van der Waals surface area contributed by atoms with Gasteiger partial charge in [0, 0.05) is 30.4 Å². The zero-order chi connectivity index (χ0) is 17.3. The van der Waals surface area contributed by atoms with E-state index < -0.39 is 0 Å². The van der Waals surface area contributed by atoms with Gasteiger partial charge in [0.05, 0.1) is 0 Å². The summed E-state index contributed by atoms with van der Waals surface area (Å²) >= 11 is 0. The first-order valence-electron chi connectivity index (χ1n) is 8.69. The fourth-order valence-corrected chi connectivity index (χ4v) is 3.82. The lowest BCUT2D eigenvalue weighted by atomic mass is 10.1. The van der Waals surface area contributed by atoms with Crippen LogP contribution in [0.4, 0.5) is 11.4 Å². The predicted octanol–water partition coefficient (Wildman–Crippen LogP) is 4.39. The molecule has 3 heteroatoms. The average Bonchev–Trinajstić information content (AvgIpc) is 2.85. The van der Waals surface area contributed by atoms with Crippen LogP contribution in [-0.2, 0) is 11.2 Å². The lowest BCUT2D eigenvalue weighted by Gasteiger charge is -2.23. The average molecular weight is 322 g/mol. The number of nitrogens with zero attached hydrogens (tertiary/aromatic N) is 1. The smallest absolute Gasteiger partial charge is 0.229 e. The van der Waals surface area contributed by atoms with Gasteiger partial charge in [0.25, 0.3) is 0 Å². The quantitative estimate of drug-likeness (QED) is 0.905. The molecule has 1 heterocycles. The highest BCUT2D eigenvalue weighted by molar-refractivity contribution is 5.96. The fraction of sp³-hybridized carbons (Fsp3) is 0.381. The van der Waals surface area contributed by atoms with Crippen molar-refractivity contribution in [3.63, 3.8) is 0 Å². The van der Waals surface area contributed by atoms with Crippen LogP contribution in [-0.4, -0.2) is 18.5 Å². The van der Waals surface area contributed by atoms with Crippen molar-refractivity contribution in [2.75, 3.05) is 16.8 Å². The molecule has 24 heavy (non-hydrogen) atoms. The molecular formula is C21H26N2O. The summed E-state index contributed by atoms with van der Waals surface area (Å²) in [5, 5.41) is 3.45. The van der Waals surface area contributed by atoms with E-state index >= 15 is 0 Å². The third-order valence-electron chi connectivity index (χ3n) is 4.79. The van der Waals surface area contributed by atoms with E-state index in [-0.39, 0.29) is 11.9 Å². The standard InChI is InChI=1S/C21H26N2O/c1-14-11-15(2)21(16(3)12-14)22-10-9-20(24)23-17(4)13-18-7-5-6-8-19(18)23/h5-8,11-12,17,22H,9-10,13H2,1-4H3. The molecule has 3 nitrogen and oxygen atoms in total. The third-order valence-corrected chi connectivity index (χ3v) is 4.79. The van der Waals surface area contributed by atoms with Gasteiger partial charge in [-0.1, -0.05) is 35.9 Å². The Balaban J connectivity index is 1.65. The number of hydrogen-bond donors (Lipinski definition) is 1. The topological polar surface area (TPSA) is 32.3 Å². The molecule has 1 atom stereocenters. The Morgan fingerprint density at radius 3 is 2.54 bits per heavy atom. The second kappa shape index (κ2) is 6.68. The second-order valence-electron chi connectivity index (χ2n) is 6.90. The molecule has 3 rings (SSSR count). The van der Waals surface area contributed by atoms with Crippen molar-refractivity contribution in [1.29, 1.82) is 0 Å². The number of carbonyl (C=O) groups is 1. The third kappa shape index (κ3) is 3.16. The lowest BCUT2D eigenvalue weighted by Crippen LogP contribution is -2.36. The molecule has 0 saturated heterocycles. The SMILES string of the molecule is Cc1cc(C)c(NCCC(=O)N2c3ccccc3CC2C)c(C)c1. The van der Waals surface area contributed by atoms with E-state index in [1.807, 2.05) is 17.0 Å². The first-order chi connectivity index (χ1) is 11.5. The molecule has 126 valence electrons. The molecule has 0 bridgehead atoms. The molecule has 1 aliphatic rings. The largest absolute Gasteiger partial charge is 0.384 e. The summed E-state index contributed by atoms with van der Waals surface area (Å²) in [7, 11) is 0. The van der Waals surface area contributed by atoms with Gasteiger partial charge in [-0.25, -0.2) is 0 Å². The number of anilines is 2. The monoisotopic (exact) mass is 322 g/mol. The Morgan fingerprint density at radius 1 is 1.17 bits per heavy atom. The molecule has 1 N–H and O–H groups in total. The molecule has 0 saturated carbocycles. The normalized spacial score (nSPS) is 16.2. The molecule has 0 fully saturated rings. The van der Waals surface area contributed by atoms with Crippen LogP contribution < -0.4 is 10.2 Å². The van der Waals surface area contributed by atoms with Crippen LogP contribution in [0.3, 0.4) is 0 Å². The van der Waals surface area contributed by atoms with Crippen LogP contribution >= 0.6 is 0 Å². The number of nitrogens with one attached hydrogen (secondary N) is 1. The van der Waals surface area contributed by atoms with E-state index in [9.17, 15) is 4.79 Å². The lowest BCUT2D eigenvalue weighted by molar-refractivity contribution is -0.118. The van der Waals surface area contributed by atoms with E-state index in [0.29, 0.717) is 13.0 Å². The van der Waals surface area contributed by atoms with Crippen molar-refractivity contribution in [3.05, 3.63) is 58.7 Å². The van der Waals surface area contributed by atoms with Crippen LogP contribution in [0.25, 0.3) is 0 Å². The number of aryl methyl sites for hydroxylation is 3. The summed E-state index contributed by atoms with van der Waals surface area (Å²) in [6.07, 6.45) is 1.46. The van der Waals surface area contributed by atoms with Crippen LogP contribution in [0.5, 0.6) is 0 Å². The highest BCUT2D eigenvalue weighted by Gasteiger charge is 2.29. The minimum Gasteiger partial charge on any atom is -0.384 e. The number of hydrogen-bond acceptors (Lipinski definition) is 2. The number of rotatable bonds is 4. The molecule has 1 unspecified atom stereocenters. The molecule has 0 radical (unpaired) electrons. The summed E-state index contributed by atoms with van der Waals surface area (Å²) in [4.78, 5) is 14.7. The zero-order valence-electron chi connectivity index (χ0n) is 15.0. The summed E-state index contributed by atoms with van der Waals surface area (Å²) in [5.74, 6) is 0.197. The molecule has 1 amide bonds. The van der Waals surface area contributed by atoms with Gasteiger partial charge in [-0.3, -0.25) is 4.79 Å². The van der Waals surface area contributed by atoms with Gasteiger partial charge in [-0.2, -0.15) is 0 Å². The van der Waals surface area contributed by atoms with Crippen LogP contribution in [0.2, 0.25) is 0 Å². The van der Waals surface area contributed by atoms with E-state index in [1.165, 1.54) is 22.3 Å². The maximum absolute atomic E-state index is 12.7. The number of amides is 1. The van der Waals surface area contributed by atoms with E-state index in [4.69, 9.17) is 0 Å². The van der Waals surface area contributed by atoms with Crippen molar-refractivity contribution < 1.29 is 4.79 Å². The predicted molar refractivity (Wildman–Crippen MR) is 101 cm³/mol. The van der Waals surface area contributed by atoms with Gasteiger partial charge >= 0.3 is 0 Å². The number of benzene rings is 2. The highest BCUT2D eigenvalue weighted by Crippen LogP contribution is 2.32. The Hall–Kier alpha value is -2.29. The van der Waals surface area contributed by atoms with Crippen molar-refractivity contribution in [2.24, 2.45) is 0 Å². The van der Waals surface area contributed by atoms with Gasteiger partial charge in [0.1, 0.15) is 0 Å². The van der Waals surface area contributed by atoms with E-state index in [0.717, 1.165) is 17.8 Å². The summed E-state index contributed by atoms with van der Waals surface area (Å²) in [6.45, 7) is 9.12. The number of fused-ring (bicyclic) bond motifs is 1. The van der Waals surface area contributed by atoms with Crippen molar-refractivity contribution in [2.45, 2.75) is 46.6 Å². The second-order valence-corrected chi connectivity index (χ2v) is 6.90. The molecule has 2 aromatic carbocycles. The number of para-hydroxylation sites is 1. The fourth-order valence-electron chi connectivity index (χ4n) is 3.82. The maximum atomic E-state index is 12.7. The number of carbonyl (C=O) groups excluding carboxylic acids is 1. The molecule has 2 aromatic rings. The van der Waals surface area contributed by atoms with Crippen LogP contribution in [0, 0.1) is 20.8 Å². The van der Waals surface area contributed by atoms with Gasteiger partial charge in [0.2, 0.25) is 5.91 Å².